The monoisotopic (exact) mass is 252 g/mol. The molecule has 0 aliphatic rings. The Kier molecular flexibility index (Phi) is 3.42. The van der Waals surface area contributed by atoms with Gasteiger partial charge in [-0.05, 0) is 0 Å². The lowest BCUT2D eigenvalue weighted by atomic mass is 10.2. The molecule has 0 saturated heterocycles. The van der Waals surface area contributed by atoms with E-state index in [1.807, 2.05) is 0 Å². The minimum atomic E-state index is -5.01. The van der Waals surface area contributed by atoms with E-state index in [2.05, 4.69) is 9.72 Å². The maximum absolute atomic E-state index is 11.9. The summed E-state index contributed by atoms with van der Waals surface area (Å²) in [4.78, 5) is 13.9. The Morgan fingerprint density at radius 1 is 1.53 bits per heavy atom. The molecular weight excluding hydrogens is 245 g/mol. The number of alkyl halides is 3. The Bertz CT molecular complexity index is 447. The summed E-state index contributed by atoms with van der Waals surface area (Å²) in [7, 11) is 0. The van der Waals surface area contributed by atoms with Crippen molar-refractivity contribution in [1.29, 1.82) is 0 Å². The highest BCUT2D eigenvalue weighted by Gasteiger charge is 2.32. The van der Waals surface area contributed by atoms with Gasteiger partial charge in [0.2, 0.25) is 5.88 Å². The van der Waals surface area contributed by atoms with Gasteiger partial charge in [0, 0.05) is 12.6 Å². The van der Waals surface area contributed by atoms with Gasteiger partial charge in [-0.2, -0.15) is 0 Å². The fourth-order valence-corrected chi connectivity index (χ4v) is 1.04. The van der Waals surface area contributed by atoms with Gasteiger partial charge in [-0.3, -0.25) is 0 Å². The lowest BCUT2D eigenvalue weighted by molar-refractivity contribution is -0.276. The third kappa shape index (κ3) is 3.21. The molecule has 0 radical (unpaired) electrons. The van der Waals surface area contributed by atoms with E-state index in [0.29, 0.717) is 6.07 Å². The summed E-state index contributed by atoms with van der Waals surface area (Å²) in [6, 6.07) is 0.463. The summed E-state index contributed by atoms with van der Waals surface area (Å²) in [6.07, 6.45) is -5.01. The van der Waals surface area contributed by atoms with Gasteiger partial charge in [-0.15, -0.1) is 13.2 Å². The summed E-state index contributed by atoms with van der Waals surface area (Å²) >= 11 is 0. The smallest absolute Gasteiger partial charge is 0.505 e. The molecule has 9 heteroatoms. The van der Waals surface area contributed by atoms with Crippen molar-refractivity contribution in [2.75, 3.05) is 0 Å². The number of nitrogens with two attached hydrogens (primary N) is 1. The number of nitrogens with zero attached hydrogens (tertiary/aromatic N) is 1. The highest BCUT2D eigenvalue weighted by atomic mass is 19.4. The summed E-state index contributed by atoms with van der Waals surface area (Å²) in [5.74, 6) is -3.39. The van der Waals surface area contributed by atoms with Crippen LogP contribution in [0.5, 0.6) is 11.6 Å². The standard InChI is InChI=1S/C8H7F3N2O4/c9-8(10,11)17-5-1-3(7(15)16)6(14)4(2-12)13-5/h1,14H,2,12H2,(H,15,16). The number of aromatic nitrogens is 1. The van der Waals surface area contributed by atoms with Crippen LogP contribution in [0, 0.1) is 0 Å². The van der Waals surface area contributed by atoms with Crippen molar-refractivity contribution >= 4 is 5.97 Å². The first-order chi connectivity index (χ1) is 7.74. The molecule has 0 fully saturated rings. The van der Waals surface area contributed by atoms with E-state index >= 15 is 0 Å². The van der Waals surface area contributed by atoms with Crippen LogP contribution < -0.4 is 10.5 Å². The van der Waals surface area contributed by atoms with Crippen molar-refractivity contribution in [3.63, 3.8) is 0 Å². The third-order valence-electron chi connectivity index (χ3n) is 1.69. The van der Waals surface area contributed by atoms with E-state index in [1.54, 1.807) is 0 Å². The van der Waals surface area contributed by atoms with Crippen LogP contribution in [0.15, 0.2) is 6.07 Å². The summed E-state index contributed by atoms with van der Waals surface area (Å²) in [5.41, 5.74) is 3.94. The molecule has 0 aliphatic heterocycles. The molecule has 0 saturated carbocycles. The number of aromatic carboxylic acids is 1. The van der Waals surface area contributed by atoms with E-state index in [4.69, 9.17) is 10.8 Å². The van der Waals surface area contributed by atoms with Crippen LogP contribution in [0.2, 0.25) is 0 Å². The second-order valence-electron chi connectivity index (χ2n) is 2.86. The van der Waals surface area contributed by atoms with Crippen LogP contribution in [-0.4, -0.2) is 27.5 Å². The Morgan fingerprint density at radius 3 is 2.53 bits per heavy atom. The number of carbonyl (C=O) groups is 1. The first-order valence-corrected chi connectivity index (χ1v) is 4.16. The van der Waals surface area contributed by atoms with Crippen molar-refractivity contribution in [2.45, 2.75) is 12.9 Å². The first-order valence-electron chi connectivity index (χ1n) is 4.16. The Morgan fingerprint density at radius 2 is 2.12 bits per heavy atom. The minimum Gasteiger partial charge on any atom is -0.505 e. The molecule has 0 bridgehead atoms. The maximum Gasteiger partial charge on any atom is 0.574 e. The lowest BCUT2D eigenvalue weighted by Gasteiger charge is -2.11. The Balaban J connectivity index is 3.25. The molecule has 1 aromatic rings. The maximum atomic E-state index is 11.9. The second-order valence-corrected chi connectivity index (χ2v) is 2.86. The van der Waals surface area contributed by atoms with Crippen molar-refractivity contribution in [2.24, 2.45) is 5.73 Å². The zero-order valence-electron chi connectivity index (χ0n) is 8.15. The van der Waals surface area contributed by atoms with E-state index in [1.165, 1.54) is 0 Å². The van der Waals surface area contributed by atoms with E-state index in [-0.39, 0.29) is 0 Å². The van der Waals surface area contributed by atoms with Gasteiger partial charge in [0.1, 0.15) is 11.3 Å². The van der Waals surface area contributed by atoms with Crippen molar-refractivity contribution in [3.8, 4) is 11.6 Å². The topological polar surface area (TPSA) is 106 Å². The predicted molar refractivity (Wildman–Crippen MR) is 47.4 cm³/mol. The molecule has 0 spiro atoms. The molecule has 0 aliphatic carbocycles. The molecule has 0 atom stereocenters. The van der Waals surface area contributed by atoms with Crippen LogP contribution >= 0.6 is 0 Å². The predicted octanol–water partition coefficient (Wildman–Crippen LogP) is 0.843. The second kappa shape index (κ2) is 4.45. The first kappa shape index (κ1) is 13.0. The van der Waals surface area contributed by atoms with E-state index in [0.717, 1.165) is 0 Å². The van der Waals surface area contributed by atoms with Gasteiger partial charge in [-0.25, -0.2) is 9.78 Å². The van der Waals surface area contributed by atoms with Gasteiger partial charge in [0.25, 0.3) is 0 Å². The van der Waals surface area contributed by atoms with Gasteiger partial charge >= 0.3 is 12.3 Å². The molecule has 1 rings (SSSR count). The largest absolute Gasteiger partial charge is 0.574 e. The highest BCUT2D eigenvalue weighted by molar-refractivity contribution is 5.91. The summed E-state index contributed by atoms with van der Waals surface area (Å²) < 4.78 is 39.2. The van der Waals surface area contributed by atoms with Crippen molar-refractivity contribution in [3.05, 3.63) is 17.3 Å². The lowest BCUT2D eigenvalue weighted by Crippen LogP contribution is -2.19. The number of carboxylic acids is 1. The number of ether oxygens (including phenoxy) is 1. The van der Waals surface area contributed by atoms with Gasteiger partial charge in [0.15, 0.2) is 5.75 Å². The molecule has 1 aromatic heterocycles. The van der Waals surface area contributed by atoms with Crippen LogP contribution in [0.4, 0.5) is 13.2 Å². The van der Waals surface area contributed by atoms with Crippen LogP contribution in [0.1, 0.15) is 16.1 Å². The fraction of sp³-hybridized carbons (Fsp3) is 0.250. The number of carboxylic acid groups (broad SMARTS) is 1. The molecular formula is C8H7F3N2O4. The number of halogens is 3. The molecule has 4 N–H and O–H groups in total. The van der Waals surface area contributed by atoms with Crippen LogP contribution in [-0.2, 0) is 6.54 Å². The minimum absolute atomic E-state index is 0.399. The van der Waals surface area contributed by atoms with Crippen LogP contribution in [0.25, 0.3) is 0 Å². The SMILES string of the molecule is NCc1nc(OC(F)(F)F)cc(C(=O)O)c1O. The summed E-state index contributed by atoms with van der Waals surface area (Å²) in [6.45, 7) is -0.429. The Hall–Kier alpha value is -2.03. The number of hydrogen-bond donors (Lipinski definition) is 3. The molecule has 17 heavy (non-hydrogen) atoms. The zero-order chi connectivity index (χ0) is 13.2. The zero-order valence-corrected chi connectivity index (χ0v) is 8.15. The number of hydrogen-bond acceptors (Lipinski definition) is 5. The fourth-order valence-electron chi connectivity index (χ4n) is 1.04. The number of rotatable bonds is 3. The van der Waals surface area contributed by atoms with Crippen molar-refractivity contribution < 1.29 is 32.9 Å². The van der Waals surface area contributed by atoms with Gasteiger partial charge in [-0.1, -0.05) is 0 Å². The molecule has 1 heterocycles. The van der Waals surface area contributed by atoms with E-state index in [9.17, 15) is 23.1 Å². The van der Waals surface area contributed by atoms with Crippen LogP contribution in [0.3, 0.4) is 0 Å². The van der Waals surface area contributed by atoms with Gasteiger partial charge in [0.05, 0.1) is 0 Å². The Labute approximate surface area is 92.4 Å². The number of aromatic hydroxyl groups is 1. The average molecular weight is 252 g/mol. The molecule has 0 amide bonds. The average Bonchev–Trinajstić information content (AvgIpc) is 2.17. The van der Waals surface area contributed by atoms with Crippen molar-refractivity contribution in [1.82, 2.24) is 4.98 Å². The quantitative estimate of drug-likeness (QED) is 0.736. The van der Waals surface area contributed by atoms with Gasteiger partial charge < -0.3 is 20.7 Å². The number of pyridine rings is 1. The molecule has 6 nitrogen and oxygen atoms in total. The highest BCUT2D eigenvalue weighted by Crippen LogP contribution is 2.28. The molecule has 0 unspecified atom stereocenters. The third-order valence-corrected chi connectivity index (χ3v) is 1.69. The van der Waals surface area contributed by atoms with E-state index < -0.39 is 41.8 Å². The molecule has 0 aromatic carbocycles. The normalized spacial score (nSPS) is 11.3. The summed E-state index contributed by atoms with van der Waals surface area (Å²) in [5, 5.41) is 18.0. The molecule has 94 valence electrons.